The molecule has 0 bridgehead atoms. The van der Waals surface area contributed by atoms with E-state index in [4.69, 9.17) is 4.74 Å². The number of hydrogen-bond acceptors (Lipinski definition) is 3. The summed E-state index contributed by atoms with van der Waals surface area (Å²) in [6, 6.07) is 13.9. The number of carbonyl (C=O) groups excluding carboxylic acids is 2. The van der Waals surface area contributed by atoms with E-state index in [2.05, 4.69) is 13.8 Å². The molecule has 2 aromatic rings. The van der Waals surface area contributed by atoms with Crippen LogP contribution in [0, 0.1) is 11.7 Å². The van der Waals surface area contributed by atoms with Crippen LogP contribution in [0.1, 0.15) is 68.3 Å². The number of amides is 2. The van der Waals surface area contributed by atoms with Crippen LogP contribution in [0.4, 0.5) is 4.39 Å². The van der Waals surface area contributed by atoms with Gasteiger partial charge in [0.1, 0.15) is 18.2 Å². The van der Waals surface area contributed by atoms with Crippen LogP contribution < -0.4 is 4.74 Å². The minimum atomic E-state index is -0.833. The molecule has 0 unspecified atom stereocenters. The van der Waals surface area contributed by atoms with Gasteiger partial charge in [-0.15, -0.1) is 0 Å². The van der Waals surface area contributed by atoms with Gasteiger partial charge in [-0.25, -0.2) is 4.39 Å². The maximum atomic E-state index is 15.0. The summed E-state index contributed by atoms with van der Waals surface area (Å²) in [5.41, 5.74) is 0.225. The average Bonchev–Trinajstić information content (AvgIpc) is 3.35. The molecular weight excluding hydrogens is 443 g/mol. The second-order valence-electron chi connectivity index (χ2n) is 10.3. The van der Waals surface area contributed by atoms with E-state index in [-0.39, 0.29) is 36.2 Å². The maximum absolute atomic E-state index is 15.0. The Morgan fingerprint density at radius 2 is 1.66 bits per heavy atom. The van der Waals surface area contributed by atoms with Gasteiger partial charge in [0.05, 0.1) is 17.0 Å². The summed E-state index contributed by atoms with van der Waals surface area (Å²) in [5.74, 6) is 0.319. The first-order valence-corrected chi connectivity index (χ1v) is 12.9. The molecule has 35 heavy (non-hydrogen) atoms. The highest BCUT2D eigenvalue weighted by molar-refractivity contribution is 5.96. The molecule has 2 aromatic carbocycles. The number of benzene rings is 2. The number of nitrogens with zero attached hydrogens (tertiary/aromatic N) is 2. The fourth-order valence-electron chi connectivity index (χ4n) is 5.64. The Morgan fingerprint density at radius 3 is 2.37 bits per heavy atom. The first-order chi connectivity index (χ1) is 16.8. The van der Waals surface area contributed by atoms with Crippen molar-refractivity contribution in [1.29, 1.82) is 0 Å². The monoisotopic (exact) mass is 480 g/mol. The van der Waals surface area contributed by atoms with Crippen molar-refractivity contribution in [1.82, 2.24) is 9.80 Å². The molecular formula is C29H37FN2O3. The zero-order chi connectivity index (χ0) is 25.0. The average molecular weight is 481 g/mol. The number of halogens is 1. The van der Waals surface area contributed by atoms with Crippen molar-refractivity contribution in [3.05, 3.63) is 65.5 Å². The van der Waals surface area contributed by atoms with Crippen molar-refractivity contribution in [2.75, 3.05) is 26.7 Å². The van der Waals surface area contributed by atoms with Crippen LogP contribution in [0.15, 0.2) is 48.5 Å². The molecule has 0 radical (unpaired) electrons. The number of para-hydroxylation sites is 1. The Hall–Kier alpha value is -2.89. The molecule has 188 valence electrons. The number of rotatable bonds is 3. The van der Waals surface area contributed by atoms with Gasteiger partial charge in [-0.3, -0.25) is 9.59 Å². The lowest BCUT2D eigenvalue weighted by molar-refractivity contribution is -0.142. The number of ether oxygens (including phenoxy) is 1. The van der Waals surface area contributed by atoms with Crippen LogP contribution >= 0.6 is 0 Å². The van der Waals surface area contributed by atoms with Crippen molar-refractivity contribution in [3.63, 3.8) is 0 Å². The standard InChI is InChI=1S/C29H37FN2O3/c1-21(2)25-20-35-26-15-7-4-12-22(26)27(33)31(3)18-10-11-19-32(25)28(34)29(16-8-9-17-29)23-13-5-6-14-24(23)30/h4-7,12-15,21,25H,8-11,16-20H2,1-3H3/t25-/m1/s1. The Bertz CT molecular complexity index is 1050. The second kappa shape index (κ2) is 10.8. The predicted octanol–water partition coefficient (Wildman–Crippen LogP) is 5.44. The fourth-order valence-corrected chi connectivity index (χ4v) is 5.64. The minimum Gasteiger partial charge on any atom is -0.491 e. The molecule has 0 saturated heterocycles. The summed E-state index contributed by atoms with van der Waals surface area (Å²) in [5, 5.41) is 0. The lowest BCUT2D eigenvalue weighted by Gasteiger charge is -2.41. The molecule has 1 atom stereocenters. The van der Waals surface area contributed by atoms with E-state index in [0.717, 1.165) is 25.7 Å². The molecule has 1 heterocycles. The van der Waals surface area contributed by atoms with Gasteiger partial charge in [0.25, 0.3) is 5.91 Å². The molecule has 0 spiro atoms. The third-order valence-corrected chi connectivity index (χ3v) is 7.70. The van der Waals surface area contributed by atoms with Gasteiger partial charge in [-0.1, -0.05) is 57.0 Å². The fraction of sp³-hybridized carbons (Fsp3) is 0.517. The smallest absolute Gasteiger partial charge is 0.257 e. The van der Waals surface area contributed by atoms with E-state index in [1.54, 1.807) is 30.1 Å². The van der Waals surface area contributed by atoms with Gasteiger partial charge in [0, 0.05) is 25.7 Å². The summed E-state index contributed by atoms with van der Waals surface area (Å²) in [6.45, 7) is 5.63. The van der Waals surface area contributed by atoms with Gasteiger partial charge in [-0.2, -0.15) is 0 Å². The molecule has 1 aliphatic heterocycles. The molecule has 5 nitrogen and oxygen atoms in total. The number of fused-ring (bicyclic) bond motifs is 1. The molecule has 1 aliphatic carbocycles. The number of carbonyl (C=O) groups is 2. The van der Waals surface area contributed by atoms with Crippen LogP contribution in [0.2, 0.25) is 0 Å². The lowest BCUT2D eigenvalue weighted by Crippen LogP contribution is -2.54. The highest BCUT2D eigenvalue weighted by Gasteiger charge is 2.48. The van der Waals surface area contributed by atoms with E-state index in [1.165, 1.54) is 6.07 Å². The quantitative estimate of drug-likeness (QED) is 0.588. The first-order valence-electron chi connectivity index (χ1n) is 12.9. The molecule has 0 N–H and O–H groups in total. The molecule has 2 aliphatic rings. The lowest BCUT2D eigenvalue weighted by atomic mass is 9.76. The third-order valence-electron chi connectivity index (χ3n) is 7.70. The van der Waals surface area contributed by atoms with E-state index < -0.39 is 5.41 Å². The highest BCUT2D eigenvalue weighted by Crippen LogP contribution is 2.44. The van der Waals surface area contributed by atoms with Gasteiger partial charge >= 0.3 is 0 Å². The minimum absolute atomic E-state index is 0.0113. The Kier molecular flexibility index (Phi) is 7.78. The topological polar surface area (TPSA) is 49.9 Å². The van der Waals surface area contributed by atoms with Crippen molar-refractivity contribution in [3.8, 4) is 5.75 Å². The van der Waals surface area contributed by atoms with Crippen LogP contribution in [0.25, 0.3) is 0 Å². The van der Waals surface area contributed by atoms with Gasteiger partial charge in [-0.05, 0) is 49.8 Å². The summed E-state index contributed by atoms with van der Waals surface area (Å²) < 4.78 is 21.3. The van der Waals surface area contributed by atoms with Gasteiger partial charge < -0.3 is 14.5 Å². The molecule has 0 aromatic heterocycles. The van der Waals surface area contributed by atoms with Crippen molar-refractivity contribution >= 4 is 11.8 Å². The number of hydrogen-bond donors (Lipinski definition) is 0. The SMILES string of the molecule is CC(C)[C@H]1COc2ccccc2C(=O)N(C)CCCCN1C(=O)C1(c2ccccc2F)CCCC1. The second-order valence-corrected chi connectivity index (χ2v) is 10.3. The van der Waals surface area contributed by atoms with Gasteiger partial charge in [0.15, 0.2) is 0 Å². The molecule has 4 rings (SSSR count). The summed E-state index contributed by atoms with van der Waals surface area (Å²) in [6.07, 6.45) is 4.70. The highest BCUT2D eigenvalue weighted by atomic mass is 19.1. The van der Waals surface area contributed by atoms with Crippen molar-refractivity contribution < 1.29 is 18.7 Å². The summed E-state index contributed by atoms with van der Waals surface area (Å²) in [7, 11) is 1.80. The third kappa shape index (κ3) is 5.07. The summed E-state index contributed by atoms with van der Waals surface area (Å²) in [4.78, 5) is 31.1. The molecule has 2 amide bonds. The van der Waals surface area contributed by atoms with E-state index >= 15 is 4.39 Å². The van der Waals surface area contributed by atoms with Crippen molar-refractivity contribution in [2.45, 2.75) is 63.8 Å². The normalized spacial score (nSPS) is 21.2. The van der Waals surface area contributed by atoms with Crippen LogP contribution in [0.3, 0.4) is 0 Å². The maximum Gasteiger partial charge on any atom is 0.257 e. The van der Waals surface area contributed by atoms with Crippen LogP contribution in [-0.2, 0) is 10.2 Å². The Morgan fingerprint density at radius 1 is 1.00 bits per heavy atom. The van der Waals surface area contributed by atoms with Crippen molar-refractivity contribution in [2.24, 2.45) is 5.92 Å². The van der Waals surface area contributed by atoms with E-state index in [1.807, 2.05) is 29.2 Å². The first kappa shape index (κ1) is 25.2. The molecule has 1 saturated carbocycles. The molecule has 1 fully saturated rings. The predicted molar refractivity (Wildman–Crippen MR) is 135 cm³/mol. The van der Waals surface area contributed by atoms with E-state index in [9.17, 15) is 9.59 Å². The largest absolute Gasteiger partial charge is 0.491 e. The van der Waals surface area contributed by atoms with Crippen LogP contribution in [0.5, 0.6) is 5.75 Å². The van der Waals surface area contributed by atoms with E-state index in [0.29, 0.717) is 42.8 Å². The zero-order valence-electron chi connectivity index (χ0n) is 21.1. The molecule has 6 heteroatoms. The Labute approximate surface area is 208 Å². The van der Waals surface area contributed by atoms with Crippen LogP contribution in [-0.4, -0.2) is 54.4 Å². The summed E-state index contributed by atoms with van der Waals surface area (Å²) >= 11 is 0. The van der Waals surface area contributed by atoms with Gasteiger partial charge in [0.2, 0.25) is 5.91 Å². The Balaban J connectivity index is 1.71. The zero-order valence-corrected chi connectivity index (χ0v) is 21.1.